The first-order valence-corrected chi connectivity index (χ1v) is 15.9. The average molecular weight is 584 g/mol. The van der Waals surface area contributed by atoms with Gasteiger partial charge in [0, 0.05) is 22.1 Å². The maximum atomic E-state index is 5.04. The SMILES string of the molecule is CC1(C)c2cc(-c3nc(-c4ccccc4)nc(-c4ccccc4)n3)ccc2-c2ccc3c(c21)C(C)(C)C(C)(C)c1ccccc1-3. The quantitative estimate of drug-likeness (QED) is 0.208. The van der Waals surface area contributed by atoms with Crippen molar-refractivity contribution >= 4 is 0 Å². The molecule has 1 heterocycles. The van der Waals surface area contributed by atoms with Gasteiger partial charge in [-0.2, -0.15) is 0 Å². The lowest BCUT2D eigenvalue weighted by molar-refractivity contribution is 0.295. The molecule has 0 saturated heterocycles. The highest BCUT2D eigenvalue weighted by atomic mass is 15.0. The second kappa shape index (κ2) is 9.55. The Balaban J connectivity index is 1.32. The summed E-state index contributed by atoms with van der Waals surface area (Å²) < 4.78 is 0. The van der Waals surface area contributed by atoms with E-state index in [1.54, 1.807) is 0 Å². The number of hydrogen-bond donors (Lipinski definition) is 0. The molecule has 220 valence electrons. The van der Waals surface area contributed by atoms with Gasteiger partial charge >= 0.3 is 0 Å². The van der Waals surface area contributed by atoms with E-state index in [1.165, 1.54) is 44.5 Å². The molecule has 8 rings (SSSR count). The van der Waals surface area contributed by atoms with E-state index in [1.807, 2.05) is 36.4 Å². The van der Waals surface area contributed by atoms with E-state index in [0.717, 1.165) is 16.7 Å². The highest BCUT2D eigenvalue weighted by Crippen LogP contribution is 2.61. The topological polar surface area (TPSA) is 38.7 Å². The molecule has 2 aliphatic rings. The van der Waals surface area contributed by atoms with Crippen molar-refractivity contribution in [1.29, 1.82) is 0 Å². The zero-order valence-electron chi connectivity index (χ0n) is 26.8. The minimum atomic E-state index is -0.205. The molecule has 1 aromatic heterocycles. The normalized spacial score (nSPS) is 16.3. The van der Waals surface area contributed by atoms with Crippen LogP contribution in [0.15, 0.2) is 115 Å². The van der Waals surface area contributed by atoms with Gasteiger partial charge in [0.25, 0.3) is 0 Å². The fourth-order valence-corrected chi connectivity index (χ4v) is 7.77. The summed E-state index contributed by atoms with van der Waals surface area (Å²) in [5.74, 6) is 2.05. The van der Waals surface area contributed by atoms with Crippen molar-refractivity contribution in [3.63, 3.8) is 0 Å². The number of nitrogens with zero attached hydrogens (tertiary/aromatic N) is 3. The molecule has 0 spiro atoms. The third-order valence-electron chi connectivity index (χ3n) is 10.8. The summed E-state index contributed by atoms with van der Waals surface area (Å²) in [6.45, 7) is 14.5. The Morgan fingerprint density at radius 3 is 1.44 bits per heavy atom. The van der Waals surface area contributed by atoms with E-state index in [-0.39, 0.29) is 16.2 Å². The van der Waals surface area contributed by atoms with Crippen molar-refractivity contribution in [2.75, 3.05) is 0 Å². The number of fused-ring (bicyclic) bond motifs is 7. The van der Waals surface area contributed by atoms with E-state index in [2.05, 4.69) is 120 Å². The summed E-state index contributed by atoms with van der Waals surface area (Å²) in [7, 11) is 0. The van der Waals surface area contributed by atoms with Gasteiger partial charge in [0.15, 0.2) is 17.5 Å². The molecule has 0 fully saturated rings. The van der Waals surface area contributed by atoms with Gasteiger partial charge in [-0.1, -0.05) is 151 Å². The van der Waals surface area contributed by atoms with Crippen LogP contribution in [0.3, 0.4) is 0 Å². The lowest BCUT2D eigenvalue weighted by Crippen LogP contribution is -2.45. The molecular formula is C42H37N3. The summed E-state index contributed by atoms with van der Waals surface area (Å²) in [5, 5.41) is 0. The molecule has 0 radical (unpaired) electrons. The van der Waals surface area contributed by atoms with Crippen molar-refractivity contribution in [2.24, 2.45) is 0 Å². The Kier molecular flexibility index (Phi) is 5.87. The molecule has 5 aromatic carbocycles. The second-order valence-corrected chi connectivity index (χ2v) is 14.1. The molecule has 0 unspecified atom stereocenters. The molecule has 0 amide bonds. The summed E-state index contributed by atoms with van der Waals surface area (Å²) in [5.41, 5.74) is 13.7. The summed E-state index contributed by atoms with van der Waals surface area (Å²) in [4.78, 5) is 15.0. The van der Waals surface area contributed by atoms with Crippen molar-refractivity contribution in [3.05, 3.63) is 138 Å². The molecule has 0 bridgehead atoms. The molecule has 45 heavy (non-hydrogen) atoms. The largest absolute Gasteiger partial charge is 0.208 e. The molecule has 0 aliphatic heterocycles. The number of benzene rings is 5. The van der Waals surface area contributed by atoms with Crippen LogP contribution in [0, 0.1) is 0 Å². The van der Waals surface area contributed by atoms with Gasteiger partial charge in [0.05, 0.1) is 0 Å². The third-order valence-corrected chi connectivity index (χ3v) is 10.8. The lowest BCUT2D eigenvalue weighted by Gasteiger charge is -2.50. The summed E-state index contributed by atoms with van der Waals surface area (Å²) in [6, 6.07) is 40.9. The standard InChI is InChI=1S/C42H37N3/c1-40(2)34-25-28(39-44-37(26-15-9-7-10-16-26)43-38(45-39)27-17-11-8-12-18-27)21-22-30(34)31-23-24-32-29-19-13-14-20-33(29)41(3,4)42(5,6)36(32)35(31)40/h7-25H,1-6H3. The van der Waals surface area contributed by atoms with Gasteiger partial charge in [-0.05, 0) is 61.4 Å². The van der Waals surface area contributed by atoms with Crippen LogP contribution in [0.2, 0.25) is 0 Å². The van der Waals surface area contributed by atoms with Crippen LogP contribution in [0.25, 0.3) is 56.4 Å². The lowest BCUT2D eigenvalue weighted by atomic mass is 9.53. The highest BCUT2D eigenvalue weighted by Gasteiger charge is 2.50. The second-order valence-electron chi connectivity index (χ2n) is 14.1. The Hall–Kier alpha value is -4.89. The molecule has 3 nitrogen and oxygen atoms in total. The Morgan fingerprint density at radius 2 is 0.844 bits per heavy atom. The minimum Gasteiger partial charge on any atom is -0.208 e. The first kappa shape index (κ1) is 27.6. The predicted molar refractivity (Wildman–Crippen MR) is 185 cm³/mol. The van der Waals surface area contributed by atoms with Crippen LogP contribution in [0.4, 0.5) is 0 Å². The molecule has 0 N–H and O–H groups in total. The minimum absolute atomic E-state index is 0.0334. The van der Waals surface area contributed by atoms with Gasteiger partial charge in [-0.3, -0.25) is 0 Å². The first-order chi connectivity index (χ1) is 21.6. The maximum Gasteiger partial charge on any atom is 0.164 e. The molecule has 0 saturated carbocycles. The van der Waals surface area contributed by atoms with Crippen molar-refractivity contribution < 1.29 is 0 Å². The zero-order chi connectivity index (χ0) is 31.1. The average Bonchev–Trinajstić information content (AvgIpc) is 3.30. The molecule has 3 heteroatoms. The van der Waals surface area contributed by atoms with Crippen LogP contribution in [0.5, 0.6) is 0 Å². The zero-order valence-corrected chi connectivity index (χ0v) is 26.8. The van der Waals surface area contributed by atoms with Crippen molar-refractivity contribution in [3.8, 4) is 56.4 Å². The van der Waals surface area contributed by atoms with Crippen LogP contribution in [-0.2, 0) is 16.2 Å². The van der Waals surface area contributed by atoms with Crippen LogP contribution < -0.4 is 0 Å². The van der Waals surface area contributed by atoms with E-state index >= 15 is 0 Å². The monoisotopic (exact) mass is 583 g/mol. The van der Waals surface area contributed by atoms with Crippen LogP contribution >= 0.6 is 0 Å². The Morgan fingerprint density at radius 1 is 0.378 bits per heavy atom. The molecular weight excluding hydrogens is 546 g/mol. The fourth-order valence-electron chi connectivity index (χ4n) is 7.77. The van der Waals surface area contributed by atoms with E-state index in [9.17, 15) is 0 Å². The van der Waals surface area contributed by atoms with E-state index in [4.69, 9.17) is 15.0 Å². The fraction of sp³-hybridized carbons (Fsp3) is 0.214. The van der Waals surface area contributed by atoms with Gasteiger partial charge in [0.2, 0.25) is 0 Å². The molecule has 6 aromatic rings. The number of hydrogen-bond acceptors (Lipinski definition) is 3. The van der Waals surface area contributed by atoms with Crippen LogP contribution in [-0.4, -0.2) is 15.0 Å². The predicted octanol–water partition coefficient (Wildman–Crippen LogP) is 10.4. The van der Waals surface area contributed by atoms with Gasteiger partial charge in [0.1, 0.15) is 0 Å². The first-order valence-electron chi connectivity index (χ1n) is 15.9. The van der Waals surface area contributed by atoms with E-state index < -0.39 is 0 Å². The third kappa shape index (κ3) is 3.93. The Bertz CT molecular complexity index is 2060. The van der Waals surface area contributed by atoms with Crippen LogP contribution in [0.1, 0.15) is 63.8 Å². The smallest absolute Gasteiger partial charge is 0.164 e. The van der Waals surface area contributed by atoms with Gasteiger partial charge < -0.3 is 0 Å². The van der Waals surface area contributed by atoms with Crippen molar-refractivity contribution in [1.82, 2.24) is 15.0 Å². The Labute approximate surface area is 266 Å². The number of rotatable bonds is 3. The van der Waals surface area contributed by atoms with Crippen molar-refractivity contribution in [2.45, 2.75) is 57.8 Å². The van der Waals surface area contributed by atoms with Gasteiger partial charge in [-0.25, -0.2) is 15.0 Å². The van der Waals surface area contributed by atoms with E-state index in [0.29, 0.717) is 17.5 Å². The molecule has 0 atom stereocenters. The summed E-state index contributed by atoms with van der Waals surface area (Å²) >= 11 is 0. The highest BCUT2D eigenvalue weighted by molar-refractivity contribution is 5.90. The summed E-state index contributed by atoms with van der Waals surface area (Å²) in [6.07, 6.45) is 0. The number of aromatic nitrogens is 3. The maximum absolute atomic E-state index is 5.04. The van der Waals surface area contributed by atoms with Gasteiger partial charge in [-0.15, -0.1) is 0 Å². The molecule has 2 aliphatic carbocycles.